The molecule has 1 fully saturated rings. The predicted octanol–water partition coefficient (Wildman–Crippen LogP) is 0.548. The number of piperazine rings is 1. The molecule has 10 nitrogen and oxygen atoms in total. The van der Waals surface area contributed by atoms with Crippen molar-refractivity contribution >= 4 is 23.5 Å². The van der Waals surface area contributed by atoms with Gasteiger partial charge in [0.2, 0.25) is 11.9 Å². The lowest BCUT2D eigenvalue weighted by molar-refractivity contribution is -0.384. The quantitative estimate of drug-likeness (QED) is 0.346. The Bertz CT molecular complexity index is 786. The number of nitro benzene ring substituents is 1. The van der Waals surface area contributed by atoms with Crippen LogP contribution in [0, 0.1) is 16.0 Å². The highest BCUT2D eigenvalue weighted by Crippen LogP contribution is 2.32. The third-order valence-electron chi connectivity index (χ3n) is 4.88. The number of guanidine groups is 1. The molecule has 1 aromatic rings. The lowest BCUT2D eigenvalue weighted by atomic mass is 9.91. The summed E-state index contributed by atoms with van der Waals surface area (Å²) >= 11 is 0. The van der Waals surface area contributed by atoms with E-state index in [1.165, 1.54) is 24.3 Å². The van der Waals surface area contributed by atoms with Crippen molar-refractivity contribution in [1.29, 1.82) is 0 Å². The summed E-state index contributed by atoms with van der Waals surface area (Å²) in [5, 5.41) is 13.6. The molecule has 1 amide bonds. The van der Waals surface area contributed by atoms with Crippen molar-refractivity contribution in [3.8, 4) is 0 Å². The Hall–Kier alpha value is -3.01. The number of ether oxygens (including phenoxy) is 1. The summed E-state index contributed by atoms with van der Waals surface area (Å²) in [5.74, 6) is -1.87. The third-order valence-corrected chi connectivity index (χ3v) is 4.88. The van der Waals surface area contributed by atoms with Crippen molar-refractivity contribution in [2.45, 2.75) is 13.0 Å². The number of hydrogen-bond acceptors (Lipinski definition) is 8. The van der Waals surface area contributed by atoms with E-state index in [1.54, 1.807) is 6.92 Å². The number of carbonyl (C=O) groups excluding carboxylic acids is 2. The number of hydrogen-bond donors (Lipinski definition) is 1. The molecule has 2 heterocycles. The fraction of sp³-hybridized carbons (Fsp3) is 0.500. The summed E-state index contributed by atoms with van der Waals surface area (Å²) in [4.78, 5) is 44.4. The van der Waals surface area contributed by atoms with E-state index < -0.39 is 28.8 Å². The molecule has 0 aromatic heterocycles. The van der Waals surface area contributed by atoms with Crippen LogP contribution >= 0.6 is 0 Å². The highest BCUT2D eigenvalue weighted by molar-refractivity contribution is 6.08. The van der Waals surface area contributed by atoms with Gasteiger partial charge in [0.1, 0.15) is 6.04 Å². The molecule has 2 aliphatic heterocycles. The Morgan fingerprint density at radius 2 is 1.93 bits per heavy atom. The second-order valence-corrected chi connectivity index (χ2v) is 6.76. The molecule has 1 N–H and O–H groups in total. The second-order valence-electron chi connectivity index (χ2n) is 6.76. The molecule has 150 valence electrons. The zero-order valence-corrected chi connectivity index (χ0v) is 15.8. The molecule has 0 spiro atoms. The molecule has 2 unspecified atom stereocenters. The highest BCUT2D eigenvalue weighted by atomic mass is 16.6. The Labute approximate surface area is 162 Å². The smallest absolute Gasteiger partial charge is 0.321 e. The van der Waals surface area contributed by atoms with Gasteiger partial charge in [0.05, 0.1) is 11.5 Å². The number of non-ortho nitro benzene ring substituents is 1. The number of nitrogens with one attached hydrogen (secondary N) is 1. The van der Waals surface area contributed by atoms with E-state index >= 15 is 0 Å². The van der Waals surface area contributed by atoms with E-state index in [0.29, 0.717) is 24.6 Å². The van der Waals surface area contributed by atoms with Crippen LogP contribution in [0.5, 0.6) is 0 Å². The summed E-state index contributed by atoms with van der Waals surface area (Å²) in [5.41, 5.74) is 0.477. The first-order valence-corrected chi connectivity index (χ1v) is 9.14. The van der Waals surface area contributed by atoms with Gasteiger partial charge in [-0.3, -0.25) is 25.0 Å². The predicted molar refractivity (Wildman–Crippen MR) is 101 cm³/mol. The Kier molecular flexibility index (Phi) is 5.88. The number of rotatable bonds is 4. The second kappa shape index (κ2) is 8.34. The third kappa shape index (κ3) is 4.11. The van der Waals surface area contributed by atoms with E-state index in [4.69, 9.17) is 4.74 Å². The highest BCUT2D eigenvalue weighted by Gasteiger charge is 2.42. The van der Waals surface area contributed by atoms with Crippen molar-refractivity contribution in [2.75, 3.05) is 39.8 Å². The molecule has 28 heavy (non-hydrogen) atoms. The average molecular weight is 389 g/mol. The number of carbonyl (C=O) groups is 2. The molecule has 1 saturated heterocycles. The maximum absolute atomic E-state index is 12.7. The van der Waals surface area contributed by atoms with Gasteiger partial charge in [-0.05, 0) is 19.5 Å². The van der Waals surface area contributed by atoms with Crippen LogP contribution in [0.2, 0.25) is 0 Å². The van der Waals surface area contributed by atoms with E-state index in [0.717, 1.165) is 13.1 Å². The fourth-order valence-corrected chi connectivity index (χ4v) is 3.28. The van der Waals surface area contributed by atoms with E-state index in [-0.39, 0.29) is 12.3 Å². The molecule has 0 aliphatic carbocycles. The number of benzene rings is 1. The van der Waals surface area contributed by atoms with Crippen molar-refractivity contribution in [2.24, 2.45) is 10.9 Å². The summed E-state index contributed by atoms with van der Waals surface area (Å²) in [6, 6.07) is 4.94. The minimum absolute atomic E-state index is 0.0695. The topological polar surface area (TPSA) is 117 Å². The number of likely N-dealkylation sites (N-methyl/N-ethyl adjacent to an activating group) is 1. The maximum atomic E-state index is 12.7. The summed E-state index contributed by atoms with van der Waals surface area (Å²) in [6.07, 6.45) is 0. The van der Waals surface area contributed by atoms with E-state index in [1.807, 2.05) is 11.9 Å². The summed E-state index contributed by atoms with van der Waals surface area (Å²) in [7, 11) is 2.02. The minimum atomic E-state index is -1.14. The molecule has 3 rings (SSSR count). The number of nitro groups is 1. The average Bonchev–Trinajstić information content (AvgIpc) is 2.68. The van der Waals surface area contributed by atoms with Gasteiger partial charge in [0, 0.05) is 38.3 Å². The SMILES string of the molecule is CCOC(=O)C1C(=O)NC(N2CCN(C)CC2)=NC1c1ccc([N+](=O)[O-])cc1. The molecular weight excluding hydrogens is 366 g/mol. The summed E-state index contributed by atoms with van der Waals surface area (Å²) < 4.78 is 5.06. The molecule has 0 bridgehead atoms. The molecule has 0 radical (unpaired) electrons. The number of aliphatic imine (C=N–C) groups is 1. The molecular formula is C18H23N5O5. The van der Waals surface area contributed by atoms with Crippen LogP contribution in [0.25, 0.3) is 0 Å². The van der Waals surface area contributed by atoms with Gasteiger partial charge in [0.15, 0.2) is 5.92 Å². The first-order chi connectivity index (χ1) is 13.4. The van der Waals surface area contributed by atoms with Gasteiger partial charge in [-0.2, -0.15) is 0 Å². The van der Waals surface area contributed by atoms with Crippen LogP contribution in [0.1, 0.15) is 18.5 Å². The molecule has 2 aliphatic rings. The largest absolute Gasteiger partial charge is 0.465 e. The summed E-state index contributed by atoms with van der Waals surface area (Å²) in [6.45, 7) is 4.87. The number of esters is 1. The van der Waals surface area contributed by atoms with Gasteiger partial charge in [-0.1, -0.05) is 12.1 Å². The molecule has 1 aromatic carbocycles. The normalized spacial score (nSPS) is 23.0. The van der Waals surface area contributed by atoms with Crippen molar-refractivity contribution < 1.29 is 19.2 Å². The minimum Gasteiger partial charge on any atom is -0.465 e. The number of amides is 1. The Morgan fingerprint density at radius 1 is 1.29 bits per heavy atom. The van der Waals surface area contributed by atoms with Crippen molar-refractivity contribution in [3.05, 3.63) is 39.9 Å². The van der Waals surface area contributed by atoms with Gasteiger partial charge in [-0.15, -0.1) is 0 Å². The van der Waals surface area contributed by atoms with Gasteiger partial charge >= 0.3 is 5.97 Å². The standard InChI is InChI=1S/C18H23N5O5/c1-3-28-17(25)14-15(12-4-6-13(7-5-12)23(26)27)19-18(20-16(14)24)22-10-8-21(2)9-11-22/h4-7,14-15H,3,8-11H2,1-2H3,(H,19,20,24). The lowest BCUT2D eigenvalue weighted by Crippen LogP contribution is -2.56. The molecule has 2 atom stereocenters. The maximum Gasteiger partial charge on any atom is 0.321 e. The Balaban J connectivity index is 1.94. The first kappa shape index (κ1) is 19.7. The van der Waals surface area contributed by atoms with Crippen LogP contribution in [0.4, 0.5) is 5.69 Å². The molecule has 10 heteroatoms. The van der Waals surface area contributed by atoms with E-state index in [9.17, 15) is 19.7 Å². The zero-order valence-electron chi connectivity index (χ0n) is 15.8. The van der Waals surface area contributed by atoms with Gasteiger partial charge in [-0.25, -0.2) is 4.99 Å². The monoisotopic (exact) mass is 389 g/mol. The van der Waals surface area contributed by atoms with Gasteiger partial charge < -0.3 is 14.5 Å². The lowest BCUT2D eigenvalue weighted by Gasteiger charge is -2.37. The number of nitrogens with zero attached hydrogens (tertiary/aromatic N) is 4. The first-order valence-electron chi connectivity index (χ1n) is 9.14. The van der Waals surface area contributed by atoms with Crippen LogP contribution in [-0.2, 0) is 14.3 Å². The van der Waals surface area contributed by atoms with Gasteiger partial charge in [0.25, 0.3) is 5.69 Å². The van der Waals surface area contributed by atoms with Crippen LogP contribution in [0.15, 0.2) is 29.3 Å². The van der Waals surface area contributed by atoms with Crippen molar-refractivity contribution in [3.63, 3.8) is 0 Å². The van der Waals surface area contributed by atoms with E-state index in [2.05, 4.69) is 15.2 Å². The van der Waals surface area contributed by atoms with Crippen LogP contribution in [-0.4, -0.2) is 72.4 Å². The van der Waals surface area contributed by atoms with Crippen LogP contribution in [0.3, 0.4) is 0 Å². The van der Waals surface area contributed by atoms with Crippen LogP contribution < -0.4 is 5.32 Å². The molecule has 0 saturated carbocycles. The zero-order chi connectivity index (χ0) is 20.3. The Morgan fingerprint density at radius 3 is 2.50 bits per heavy atom. The van der Waals surface area contributed by atoms with Crippen molar-refractivity contribution in [1.82, 2.24) is 15.1 Å². The fourth-order valence-electron chi connectivity index (χ4n) is 3.28.